The Hall–Kier alpha value is -3.29. The van der Waals surface area contributed by atoms with Gasteiger partial charge in [0.25, 0.3) is 0 Å². The van der Waals surface area contributed by atoms with Gasteiger partial charge in [-0.3, -0.25) is 0 Å². The van der Waals surface area contributed by atoms with Gasteiger partial charge in [0.05, 0.1) is 11.6 Å². The lowest BCUT2D eigenvalue weighted by atomic mass is 9.98. The third-order valence-corrected chi connectivity index (χ3v) is 7.09. The SMILES string of the molecule is CN1CCC(Nc2cccc3c2cc(-c2ccc(C(N)c4ccccc4)cc2)n3CC(F)(F)F)CC1. The summed E-state index contributed by atoms with van der Waals surface area (Å²) in [7, 11) is 2.11. The van der Waals surface area contributed by atoms with Gasteiger partial charge in [0.2, 0.25) is 0 Å². The second-order valence-electron chi connectivity index (χ2n) is 9.70. The van der Waals surface area contributed by atoms with Crippen molar-refractivity contribution in [2.75, 3.05) is 25.5 Å². The molecule has 4 nitrogen and oxygen atoms in total. The van der Waals surface area contributed by atoms with Crippen molar-refractivity contribution >= 4 is 16.6 Å². The molecule has 7 heteroatoms. The lowest BCUT2D eigenvalue weighted by Gasteiger charge is -2.30. The molecular weight excluding hydrogens is 461 g/mol. The Morgan fingerprint density at radius 2 is 1.58 bits per heavy atom. The fourth-order valence-corrected chi connectivity index (χ4v) is 5.09. The monoisotopic (exact) mass is 492 g/mol. The molecule has 1 fully saturated rings. The number of benzene rings is 3. The summed E-state index contributed by atoms with van der Waals surface area (Å²) in [5, 5.41) is 4.41. The zero-order valence-corrected chi connectivity index (χ0v) is 20.3. The fourth-order valence-electron chi connectivity index (χ4n) is 5.09. The topological polar surface area (TPSA) is 46.2 Å². The summed E-state index contributed by atoms with van der Waals surface area (Å²) in [5.74, 6) is 0. The minimum atomic E-state index is -4.34. The normalized spacial score (nSPS) is 16.4. The first-order chi connectivity index (χ1) is 17.3. The van der Waals surface area contributed by atoms with Crippen molar-refractivity contribution in [3.63, 3.8) is 0 Å². The van der Waals surface area contributed by atoms with E-state index >= 15 is 0 Å². The van der Waals surface area contributed by atoms with E-state index in [1.807, 2.05) is 72.8 Å². The number of halogens is 3. The summed E-state index contributed by atoms with van der Waals surface area (Å²) in [6.45, 7) is 0.964. The van der Waals surface area contributed by atoms with Crippen molar-refractivity contribution < 1.29 is 13.2 Å². The first-order valence-corrected chi connectivity index (χ1v) is 12.3. The van der Waals surface area contributed by atoms with E-state index in [9.17, 15) is 13.2 Å². The second-order valence-corrected chi connectivity index (χ2v) is 9.70. The van der Waals surface area contributed by atoms with Gasteiger partial charge in [-0.05, 0) is 67.9 Å². The van der Waals surface area contributed by atoms with E-state index < -0.39 is 12.7 Å². The number of hydrogen-bond donors (Lipinski definition) is 2. The van der Waals surface area contributed by atoms with Crippen LogP contribution in [0.1, 0.15) is 30.0 Å². The largest absolute Gasteiger partial charge is 0.406 e. The molecule has 1 unspecified atom stereocenters. The van der Waals surface area contributed by atoms with E-state index in [4.69, 9.17) is 5.73 Å². The molecule has 0 radical (unpaired) electrons. The number of fused-ring (bicyclic) bond motifs is 1. The zero-order chi connectivity index (χ0) is 25.3. The molecule has 0 spiro atoms. The highest BCUT2D eigenvalue weighted by atomic mass is 19.4. The minimum Gasteiger partial charge on any atom is -0.382 e. The Morgan fingerprint density at radius 1 is 0.917 bits per heavy atom. The molecule has 1 atom stereocenters. The Balaban J connectivity index is 1.51. The van der Waals surface area contributed by atoms with Crippen LogP contribution < -0.4 is 11.1 Å². The highest BCUT2D eigenvalue weighted by molar-refractivity contribution is 5.96. The maximum absolute atomic E-state index is 13.7. The highest BCUT2D eigenvalue weighted by Crippen LogP contribution is 2.36. The number of alkyl halides is 3. The number of nitrogens with one attached hydrogen (secondary N) is 1. The van der Waals surface area contributed by atoms with Crippen molar-refractivity contribution in [2.24, 2.45) is 5.73 Å². The summed E-state index contributed by atoms with van der Waals surface area (Å²) >= 11 is 0. The molecule has 0 saturated carbocycles. The molecule has 3 aromatic carbocycles. The molecule has 5 rings (SSSR count). The Bertz CT molecular complexity index is 1300. The lowest BCUT2D eigenvalue weighted by Crippen LogP contribution is -2.36. The maximum atomic E-state index is 13.7. The predicted molar refractivity (Wildman–Crippen MR) is 140 cm³/mol. The van der Waals surface area contributed by atoms with Gasteiger partial charge in [0, 0.05) is 22.8 Å². The van der Waals surface area contributed by atoms with E-state index in [-0.39, 0.29) is 6.04 Å². The zero-order valence-electron chi connectivity index (χ0n) is 20.3. The average Bonchev–Trinajstić information content (AvgIpc) is 3.23. The summed E-state index contributed by atoms with van der Waals surface area (Å²) in [4.78, 5) is 2.30. The molecular formula is C29H31F3N4. The molecule has 1 aliphatic rings. The van der Waals surface area contributed by atoms with Gasteiger partial charge in [0.1, 0.15) is 6.54 Å². The van der Waals surface area contributed by atoms with Gasteiger partial charge < -0.3 is 20.5 Å². The van der Waals surface area contributed by atoms with E-state index in [0.29, 0.717) is 17.3 Å². The van der Waals surface area contributed by atoms with Crippen LogP contribution in [0.25, 0.3) is 22.2 Å². The fraction of sp³-hybridized carbons (Fsp3) is 0.310. The predicted octanol–water partition coefficient (Wildman–Crippen LogP) is 6.42. The molecule has 2 heterocycles. The molecule has 0 bridgehead atoms. The van der Waals surface area contributed by atoms with Crippen LogP contribution in [-0.4, -0.2) is 41.8 Å². The number of anilines is 1. The standard InChI is InChI=1S/C29H31F3N4/c1-35-16-14-23(15-17-35)34-25-8-5-9-26-24(25)18-27(36(26)19-29(30,31)32)20-10-12-22(13-11-20)28(33)21-6-3-2-4-7-21/h2-13,18,23,28,34H,14-17,19,33H2,1H3. The third kappa shape index (κ3) is 5.27. The van der Waals surface area contributed by atoms with E-state index in [2.05, 4.69) is 17.3 Å². The minimum absolute atomic E-state index is 0.299. The Labute approximate surface area is 209 Å². The molecule has 188 valence electrons. The van der Waals surface area contributed by atoms with Gasteiger partial charge >= 0.3 is 6.18 Å². The molecule has 4 aromatic rings. The van der Waals surface area contributed by atoms with Crippen molar-refractivity contribution in [2.45, 2.75) is 37.6 Å². The van der Waals surface area contributed by atoms with Crippen LogP contribution in [0.2, 0.25) is 0 Å². The lowest BCUT2D eigenvalue weighted by molar-refractivity contribution is -0.139. The molecule has 1 aromatic heterocycles. The van der Waals surface area contributed by atoms with Crippen LogP contribution in [0.3, 0.4) is 0 Å². The van der Waals surface area contributed by atoms with E-state index in [0.717, 1.165) is 53.7 Å². The quantitative estimate of drug-likeness (QED) is 0.326. The summed E-state index contributed by atoms with van der Waals surface area (Å²) in [6, 6.07) is 24.7. The Kier molecular flexibility index (Phi) is 6.77. The first kappa shape index (κ1) is 24.4. The van der Waals surface area contributed by atoms with Crippen LogP contribution in [0.4, 0.5) is 18.9 Å². The van der Waals surface area contributed by atoms with Gasteiger partial charge in [-0.1, -0.05) is 60.7 Å². The van der Waals surface area contributed by atoms with Gasteiger partial charge in [-0.25, -0.2) is 0 Å². The van der Waals surface area contributed by atoms with Crippen LogP contribution in [0, 0.1) is 0 Å². The number of nitrogens with two attached hydrogens (primary N) is 1. The number of piperidine rings is 1. The second kappa shape index (κ2) is 9.99. The number of nitrogens with zero attached hydrogens (tertiary/aromatic N) is 2. The first-order valence-electron chi connectivity index (χ1n) is 12.3. The average molecular weight is 493 g/mol. The van der Waals surface area contributed by atoms with Crippen LogP contribution in [0.5, 0.6) is 0 Å². The van der Waals surface area contributed by atoms with Crippen molar-refractivity contribution in [1.82, 2.24) is 9.47 Å². The smallest absolute Gasteiger partial charge is 0.382 e. The maximum Gasteiger partial charge on any atom is 0.406 e. The van der Waals surface area contributed by atoms with E-state index in [1.54, 1.807) is 6.07 Å². The number of rotatable bonds is 6. The highest BCUT2D eigenvalue weighted by Gasteiger charge is 2.30. The van der Waals surface area contributed by atoms with Gasteiger partial charge in [-0.15, -0.1) is 0 Å². The number of aromatic nitrogens is 1. The Morgan fingerprint density at radius 3 is 2.25 bits per heavy atom. The molecule has 0 amide bonds. The van der Waals surface area contributed by atoms with Gasteiger partial charge in [0.15, 0.2) is 0 Å². The van der Waals surface area contributed by atoms with Crippen LogP contribution in [-0.2, 0) is 6.54 Å². The number of likely N-dealkylation sites (tertiary alicyclic amines) is 1. The molecule has 36 heavy (non-hydrogen) atoms. The van der Waals surface area contributed by atoms with Crippen molar-refractivity contribution in [3.05, 3.63) is 90.0 Å². The summed E-state index contributed by atoms with van der Waals surface area (Å²) < 4.78 is 42.3. The number of hydrogen-bond acceptors (Lipinski definition) is 3. The van der Waals surface area contributed by atoms with Crippen molar-refractivity contribution in [3.8, 4) is 11.3 Å². The van der Waals surface area contributed by atoms with Gasteiger partial charge in [-0.2, -0.15) is 13.2 Å². The van der Waals surface area contributed by atoms with Crippen LogP contribution >= 0.6 is 0 Å². The van der Waals surface area contributed by atoms with E-state index in [1.165, 1.54) is 4.57 Å². The summed E-state index contributed by atoms with van der Waals surface area (Å²) in [5.41, 5.74) is 11.1. The summed E-state index contributed by atoms with van der Waals surface area (Å²) in [6.07, 6.45) is -2.33. The molecule has 1 aliphatic heterocycles. The molecule has 0 aliphatic carbocycles. The van der Waals surface area contributed by atoms with Crippen LogP contribution in [0.15, 0.2) is 78.9 Å². The molecule has 3 N–H and O–H groups in total. The van der Waals surface area contributed by atoms with Crippen molar-refractivity contribution in [1.29, 1.82) is 0 Å². The molecule has 1 saturated heterocycles. The third-order valence-electron chi connectivity index (χ3n) is 7.09.